The molecule has 1 fully saturated rings. The van der Waals surface area contributed by atoms with Gasteiger partial charge in [0.15, 0.2) is 0 Å². The van der Waals surface area contributed by atoms with Gasteiger partial charge in [0, 0.05) is 36.6 Å². The van der Waals surface area contributed by atoms with Gasteiger partial charge >= 0.3 is 6.03 Å². The summed E-state index contributed by atoms with van der Waals surface area (Å²) in [5.74, 6) is -0.153. The molecule has 0 bridgehead atoms. The van der Waals surface area contributed by atoms with Gasteiger partial charge in [-0.2, -0.15) is 5.10 Å². The lowest BCUT2D eigenvalue weighted by molar-refractivity contribution is 0.0947. The van der Waals surface area contributed by atoms with Crippen LogP contribution in [0.5, 0.6) is 0 Å². The summed E-state index contributed by atoms with van der Waals surface area (Å²) >= 11 is 0. The summed E-state index contributed by atoms with van der Waals surface area (Å²) in [4.78, 5) is 26.2. The first-order valence-electron chi connectivity index (χ1n) is 8.84. The van der Waals surface area contributed by atoms with Crippen LogP contribution in [0.4, 0.5) is 10.5 Å². The molecule has 2 heterocycles. The van der Waals surface area contributed by atoms with Crippen molar-refractivity contribution in [2.45, 2.75) is 33.7 Å². The number of hydrogen-bond acceptors (Lipinski definition) is 3. The molecule has 7 nitrogen and oxygen atoms in total. The number of hydrogen-bond donors (Lipinski definition) is 2. The fourth-order valence-electron chi connectivity index (χ4n) is 3.26. The van der Waals surface area contributed by atoms with Crippen LogP contribution in [0.1, 0.15) is 40.3 Å². The quantitative estimate of drug-likeness (QED) is 0.864. The Morgan fingerprint density at radius 2 is 2.08 bits per heavy atom. The lowest BCUT2D eigenvalue weighted by atomic mass is 10.1. The SMILES string of the molecule is Cc1cc(C)n([C@@H](C)CNC(=O)c2ccc(C)c(N3CCNC3=O)c2)n1. The number of nitrogens with zero attached hydrogens (tertiary/aromatic N) is 3. The van der Waals surface area contributed by atoms with E-state index in [-0.39, 0.29) is 18.0 Å². The summed E-state index contributed by atoms with van der Waals surface area (Å²) in [7, 11) is 0. The number of carbonyl (C=O) groups excluding carboxylic acids is 2. The summed E-state index contributed by atoms with van der Waals surface area (Å²) in [6.07, 6.45) is 0. The summed E-state index contributed by atoms with van der Waals surface area (Å²) in [6.45, 7) is 9.63. The van der Waals surface area contributed by atoms with Crippen LogP contribution < -0.4 is 15.5 Å². The van der Waals surface area contributed by atoms with E-state index in [2.05, 4.69) is 15.7 Å². The molecule has 1 aliphatic heterocycles. The molecule has 2 N–H and O–H groups in total. The maximum Gasteiger partial charge on any atom is 0.322 e. The van der Waals surface area contributed by atoms with Crippen molar-refractivity contribution in [3.63, 3.8) is 0 Å². The third-order valence-electron chi connectivity index (χ3n) is 4.64. The lowest BCUT2D eigenvalue weighted by Gasteiger charge is -2.19. The predicted molar refractivity (Wildman–Crippen MR) is 101 cm³/mol. The van der Waals surface area contributed by atoms with E-state index in [1.54, 1.807) is 17.0 Å². The predicted octanol–water partition coefficient (Wildman–Crippen LogP) is 2.33. The monoisotopic (exact) mass is 355 g/mol. The van der Waals surface area contributed by atoms with Crippen molar-refractivity contribution in [2.75, 3.05) is 24.5 Å². The molecule has 2 aromatic rings. The van der Waals surface area contributed by atoms with Gasteiger partial charge in [0.25, 0.3) is 5.91 Å². The first-order valence-corrected chi connectivity index (χ1v) is 8.84. The molecule has 0 aliphatic carbocycles. The highest BCUT2D eigenvalue weighted by molar-refractivity contribution is 5.99. The van der Waals surface area contributed by atoms with E-state index in [1.165, 1.54) is 0 Å². The molecular formula is C19H25N5O2. The van der Waals surface area contributed by atoms with Gasteiger partial charge in [0.1, 0.15) is 0 Å². The zero-order valence-electron chi connectivity index (χ0n) is 15.7. The number of aryl methyl sites for hydroxylation is 3. The van der Waals surface area contributed by atoms with Crippen LogP contribution in [0.2, 0.25) is 0 Å². The van der Waals surface area contributed by atoms with Crippen LogP contribution in [0.25, 0.3) is 0 Å². The molecule has 0 unspecified atom stereocenters. The fraction of sp³-hybridized carbons (Fsp3) is 0.421. The normalized spacial score (nSPS) is 15.1. The Hall–Kier alpha value is -2.83. The maximum absolute atomic E-state index is 12.6. The molecule has 3 amide bonds. The Morgan fingerprint density at radius 1 is 1.31 bits per heavy atom. The Labute approximate surface area is 153 Å². The third-order valence-corrected chi connectivity index (χ3v) is 4.64. The summed E-state index contributed by atoms with van der Waals surface area (Å²) < 4.78 is 1.92. The lowest BCUT2D eigenvalue weighted by Crippen LogP contribution is -2.31. The van der Waals surface area contributed by atoms with Crippen molar-refractivity contribution < 1.29 is 9.59 Å². The number of aromatic nitrogens is 2. The van der Waals surface area contributed by atoms with Crippen LogP contribution in [0.3, 0.4) is 0 Å². The van der Waals surface area contributed by atoms with Crippen LogP contribution >= 0.6 is 0 Å². The molecule has 1 aromatic heterocycles. The van der Waals surface area contributed by atoms with Gasteiger partial charge in [-0.05, 0) is 51.5 Å². The Kier molecular flexibility index (Phi) is 4.97. The van der Waals surface area contributed by atoms with Gasteiger partial charge in [0.05, 0.1) is 11.7 Å². The van der Waals surface area contributed by atoms with Gasteiger partial charge in [-0.1, -0.05) is 6.07 Å². The van der Waals surface area contributed by atoms with Crippen molar-refractivity contribution in [2.24, 2.45) is 0 Å². The number of nitrogens with one attached hydrogen (secondary N) is 2. The van der Waals surface area contributed by atoms with Crippen molar-refractivity contribution in [3.8, 4) is 0 Å². The highest BCUT2D eigenvalue weighted by Gasteiger charge is 2.23. The molecule has 138 valence electrons. The molecule has 1 saturated heterocycles. The minimum Gasteiger partial charge on any atom is -0.350 e. The van der Waals surface area contributed by atoms with Gasteiger partial charge < -0.3 is 10.6 Å². The highest BCUT2D eigenvalue weighted by Crippen LogP contribution is 2.23. The van der Waals surface area contributed by atoms with E-state index in [1.807, 2.05) is 44.5 Å². The van der Waals surface area contributed by atoms with Gasteiger partial charge in [-0.25, -0.2) is 4.79 Å². The van der Waals surface area contributed by atoms with E-state index >= 15 is 0 Å². The van der Waals surface area contributed by atoms with E-state index in [0.29, 0.717) is 25.2 Å². The highest BCUT2D eigenvalue weighted by atomic mass is 16.2. The minimum atomic E-state index is -0.153. The maximum atomic E-state index is 12.6. The Balaban J connectivity index is 1.70. The Morgan fingerprint density at radius 3 is 2.69 bits per heavy atom. The van der Waals surface area contributed by atoms with E-state index < -0.39 is 0 Å². The third kappa shape index (κ3) is 3.56. The summed E-state index contributed by atoms with van der Waals surface area (Å²) in [5, 5.41) is 10.2. The molecule has 26 heavy (non-hydrogen) atoms. The first-order chi connectivity index (χ1) is 12.4. The Bertz CT molecular complexity index is 842. The average Bonchev–Trinajstić information content (AvgIpc) is 3.17. The number of rotatable bonds is 5. The van der Waals surface area contributed by atoms with Gasteiger partial charge in [0.2, 0.25) is 0 Å². The molecule has 1 aromatic carbocycles. The van der Waals surface area contributed by atoms with E-state index in [4.69, 9.17) is 0 Å². The van der Waals surface area contributed by atoms with E-state index in [0.717, 1.165) is 22.6 Å². The van der Waals surface area contributed by atoms with Crippen molar-refractivity contribution in [1.29, 1.82) is 0 Å². The largest absolute Gasteiger partial charge is 0.350 e. The second-order valence-electron chi connectivity index (χ2n) is 6.82. The number of benzene rings is 1. The second-order valence-corrected chi connectivity index (χ2v) is 6.82. The van der Waals surface area contributed by atoms with Gasteiger partial charge in [-0.15, -0.1) is 0 Å². The molecular weight excluding hydrogens is 330 g/mol. The van der Waals surface area contributed by atoms with Crippen LogP contribution in [0, 0.1) is 20.8 Å². The molecule has 0 saturated carbocycles. The minimum absolute atomic E-state index is 0.0573. The smallest absolute Gasteiger partial charge is 0.322 e. The van der Waals surface area contributed by atoms with Crippen LogP contribution in [-0.4, -0.2) is 41.4 Å². The standard InChI is InChI=1S/C19H25N5O2/c1-12-5-6-16(10-17(12)23-8-7-20-19(23)26)18(25)21-11-15(4)24-14(3)9-13(2)22-24/h5-6,9-10,15H,7-8,11H2,1-4H3,(H,20,26)(H,21,25)/t15-/m0/s1. The van der Waals surface area contributed by atoms with Crippen molar-refractivity contribution in [3.05, 3.63) is 46.8 Å². The molecule has 1 atom stereocenters. The molecule has 0 spiro atoms. The number of anilines is 1. The van der Waals surface area contributed by atoms with Crippen molar-refractivity contribution >= 4 is 17.6 Å². The fourth-order valence-corrected chi connectivity index (χ4v) is 3.26. The average molecular weight is 355 g/mol. The van der Waals surface area contributed by atoms with Crippen molar-refractivity contribution in [1.82, 2.24) is 20.4 Å². The van der Waals surface area contributed by atoms with Gasteiger partial charge in [-0.3, -0.25) is 14.4 Å². The molecule has 3 rings (SSSR count). The number of amides is 3. The zero-order chi connectivity index (χ0) is 18.8. The number of carbonyl (C=O) groups is 2. The van der Waals surface area contributed by atoms with Crippen LogP contribution in [0.15, 0.2) is 24.3 Å². The first kappa shape index (κ1) is 18.0. The molecule has 1 aliphatic rings. The van der Waals surface area contributed by atoms with Crippen LogP contribution in [-0.2, 0) is 0 Å². The topological polar surface area (TPSA) is 79.3 Å². The molecule has 7 heteroatoms. The zero-order valence-corrected chi connectivity index (χ0v) is 15.7. The van der Waals surface area contributed by atoms with E-state index in [9.17, 15) is 9.59 Å². The second kappa shape index (κ2) is 7.19. The molecule has 0 radical (unpaired) electrons. The summed E-state index contributed by atoms with van der Waals surface area (Å²) in [5.41, 5.74) is 4.33. The summed E-state index contributed by atoms with van der Waals surface area (Å²) in [6, 6.07) is 7.40. The number of urea groups is 1.